The van der Waals surface area contributed by atoms with Crippen molar-refractivity contribution in [2.75, 3.05) is 13.6 Å². The van der Waals surface area contributed by atoms with Gasteiger partial charge in [-0.25, -0.2) is 4.98 Å². The van der Waals surface area contributed by atoms with Crippen LogP contribution in [0, 0.1) is 0 Å². The Balaban J connectivity index is 0.00000289. The second kappa shape index (κ2) is 12.0. The number of H-pyrrole nitrogens is 1. The molecule has 0 saturated heterocycles. The van der Waals surface area contributed by atoms with E-state index in [-0.39, 0.29) is 29.9 Å². The number of aromatic nitrogens is 3. The third-order valence-corrected chi connectivity index (χ3v) is 5.18. The zero-order valence-corrected chi connectivity index (χ0v) is 20.2. The van der Waals surface area contributed by atoms with Crippen molar-refractivity contribution >= 4 is 29.9 Å². The third-order valence-electron chi connectivity index (χ3n) is 5.18. The van der Waals surface area contributed by atoms with Gasteiger partial charge in [-0.3, -0.25) is 10.1 Å². The van der Waals surface area contributed by atoms with Gasteiger partial charge in [0.2, 0.25) is 0 Å². The van der Waals surface area contributed by atoms with E-state index in [2.05, 4.69) is 91.5 Å². The molecule has 4 aromatic rings. The van der Waals surface area contributed by atoms with Gasteiger partial charge in [0.1, 0.15) is 6.33 Å². The second-order valence-corrected chi connectivity index (χ2v) is 7.22. The smallest absolute Gasteiger partial charge is 0.191 e. The molecule has 0 bridgehead atoms. The van der Waals surface area contributed by atoms with Crippen LogP contribution in [0.15, 0.2) is 96.2 Å². The first-order chi connectivity index (χ1) is 15.3. The zero-order valence-electron chi connectivity index (χ0n) is 17.9. The van der Waals surface area contributed by atoms with Gasteiger partial charge in [0, 0.05) is 31.6 Å². The third kappa shape index (κ3) is 6.16. The lowest BCUT2D eigenvalue weighted by Crippen LogP contribution is -2.39. The maximum Gasteiger partial charge on any atom is 0.191 e. The molecule has 0 aliphatic rings. The fraction of sp³-hybridized carbons (Fsp3) is 0.160. The van der Waals surface area contributed by atoms with Crippen LogP contribution in [-0.4, -0.2) is 34.7 Å². The molecule has 0 saturated carbocycles. The predicted octanol–water partition coefficient (Wildman–Crippen LogP) is 4.59. The number of hydrogen-bond acceptors (Lipinski definition) is 3. The summed E-state index contributed by atoms with van der Waals surface area (Å²) in [5.41, 5.74) is 4.69. The highest BCUT2D eigenvalue weighted by Crippen LogP contribution is 2.23. The number of aliphatic imine (C=N–C) groups is 1. The SMILES string of the molecule is CN=C(NCc1cccc(-c2ncn[nH]2)c1)NCC(c1ccccc1)c1ccccc1.I. The van der Waals surface area contributed by atoms with E-state index in [1.807, 2.05) is 24.3 Å². The highest BCUT2D eigenvalue weighted by atomic mass is 127. The molecule has 3 N–H and O–H groups in total. The van der Waals surface area contributed by atoms with Crippen LogP contribution in [0.2, 0.25) is 0 Å². The molecule has 0 radical (unpaired) electrons. The van der Waals surface area contributed by atoms with Crippen LogP contribution < -0.4 is 10.6 Å². The molecule has 0 fully saturated rings. The minimum absolute atomic E-state index is 0. The van der Waals surface area contributed by atoms with Gasteiger partial charge in [-0.2, -0.15) is 5.10 Å². The van der Waals surface area contributed by atoms with Crippen molar-refractivity contribution in [1.82, 2.24) is 25.8 Å². The first-order valence-corrected chi connectivity index (χ1v) is 10.3. The number of guanidine groups is 1. The number of halogens is 1. The molecule has 1 aromatic heterocycles. The topological polar surface area (TPSA) is 78.0 Å². The van der Waals surface area contributed by atoms with E-state index in [1.54, 1.807) is 7.05 Å². The molecule has 6 nitrogen and oxygen atoms in total. The summed E-state index contributed by atoms with van der Waals surface area (Å²) >= 11 is 0. The van der Waals surface area contributed by atoms with Crippen LogP contribution in [0.25, 0.3) is 11.4 Å². The Hall–Kier alpha value is -3.20. The molecule has 0 amide bonds. The largest absolute Gasteiger partial charge is 0.355 e. The van der Waals surface area contributed by atoms with E-state index in [4.69, 9.17) is 0 Å². The van der Waals surface area contributed by atoms with Crippen LogP contribution in [-0.2, 0) is 6.54 Å². The van der Waals surface area contributed by atoms with Crippen molar-refractivity contribution in [2.24, 2.45) is 4.99 Å². The minimum atomic E-state index is 0. The summed E-state index contributed by atoms with van der Waals surface area (Å²) in [4.78, 5) is 8.62. The van der Waals surface area contributed by atoms with Crippen molar-refractivity contribution in [3.05, 3.63) is 108 Å². The quantitative estimate of drug-likeness (QED) is 0.183. The van der Waals surface area contributed by atoms with Crippen molar-refractivity contribution in [1.29, 1.82) is 0 Å². The molecule has 164 valence electrons. The Labute approximate surface area is 205 Å². The van der Waals surface area contributed by atoms with E-state index in [9.17, 15) is 0 Å². The van der Waals surface area contributed by atoms with Crippen LogP contribution in [0.3, 0.4) is 0 Å². The number of rotatable bonds is 7. The van der Waals surface area contributed by atoms with Gasteiger partial charge >= 0.3 is 0 Å². The lowest BCUT2D eigenvalue weighted by molar-refractivity contribution is 0.728. The molecule has 3 aromatic carbocycles. The van der Waals surface area contributed by atoms with Gasteiger partial charge in [0.25, 0.3) is 0 Å². The fourth-order valence-corrected chi connectivity index (χ4v) is 3.58. The van der Waals surface area contributed by atoms with Gasteiger partial charge in [-0.05, 0) is 22.8 Å². The standard InChI is InChI=1S/C25H26N6.HI/c1-26-25(27-16-19-9-8-14-22(15-19)24-29-18-30-31-24)28-17-23(20-10-4-2-5-11-20)21-12-6-3-7-13-21;/h2-15,18,23H,16-17H2,1H3,(H2,26,27,28)(H,29,30,31);1H. The predicted molar refractivity (Wildman–Crippen MR) is 140 cm³/mol. The summed E-state index contributed by atoms with van der Waals surface area (Å²) in [7, 11) is 1.79. The summed E-state index contributed by atoms with van der Waals surface area (Å²) in [6.45, 7) is 1.40. The Morgan fingerprint density at radius 3 is 2.19 bits per heavy atom. The Kier molecular flexibility index (Phi) is 8.79. The van der Waals surface area contributed by atoms with Crippen molar-refractivity contribution in [3.63, 3.8) is 0 Å². The fourth-order valence-electron chi connectivity index (χ4n) is 3.58. The molecule has 0 aliphatic heterocycles. The van der Waals surface area contributed by atoms with Crippen molar-refractivity contribution in [2.45, 2.75) is 12.5 Å². The molecule has 0 atom stereocenters. The molecule has 32 heavy (non-hydrogen) atoms. The van der Waals surface area contributed by atoms with Crippen molar-refractivity contribution < 1.29 is 0 Å². The summed E-state index contributed by atoms with van der Waals surface area (Å²) < 4.78 is 0. The maximum atomic E-state index is 4.40. The average molecular weight is 538 g/mol. The number of hydrogen-bond donors (Lipinski definition) is 3. The summed E-state index contributed by atoms with van der Waals surface area (Å²) in [5, 5.41) is 13.7. The van der Waals surface area contributed by atoms with E-state index < -0.39 is 0 Å². The summed E-state index contributed by atoms with van der Waals surface area (Å²) in [6, 6.07) is 29.3. The Morgan fingerprint density at radius 1 is 0.906 bits per heavy atom. The maximum absolute atomic E-state index is 4.40. The Bertz CT molecular complexity index is 1060. The molecule has 0 spiro atoms. The highest BCUT2D eigenvalue weighted by molar-refractivity contribution is 14.0. The number of aromatic amines is 1. The normalized spacial score (nSPS) is 11.1. The monoisotopic (exact) mass is 538 g/mol. The molecule has 0 unspecified atom stereocenters. The first-order valence-electron chi connectivity index (χ1n) is 10.3. The summed E-state index contributed by atoms with van der Waals surface area (Å²) in [6.07, 6.45) is 1.52. The first kappa shape index (κ1) is 23.5. The van der Waals surface area contributed by atoms with E-state index in [0.717, 1.165) is 29.5 Å². The van der Waals surface area contributed by atoms with Gasteiger partial charge in [-0.1, -0.05) is 78.9 Å². The Morgan fingerprint density at radius 2 is 1.59 bits per heavy atom. The van der Waals surface area contributed by atoms with E-state index in [1.165, 1.54) is 17.5 Å². The minimum Gasteiger partial charge on any atom is -0.355 e. The average Bonchev–Trinajstić information content (AvgIpc) is 3.38. The number of nitrogens with one attached hydrogen (secondary N) is 3. The van der Waals surface area contributed by atoms with Crippen molar-refractivity contribution in [3.8, 4) is 11.4 Å². The molecule has 7 heteroatoms. The second-order valence-electron chi connectivity index (χ2n) is 7.22. The van der Waals surface area contributed by atoms with Crippen LogP contribution in [0.4, 0.5) is 0 Å². The van der Waals surface area contributed by atoms with Crippen LogP contribution in [0.1, 0.15) is 22.6 Å². The highest BCUT2D eigenvalue weighted by Gasteiger charge is 2.14. The molecular formula is C25H27IN6. The molecular weight excluding hydrogens is 511 g/mol. The molecule has 1 heterocycles. The van der Waals surface area contributed by atoms with Crippen LogP contribution in [0.5, 0.6) is 0 Å². The lowest BCUT2D eigenvalue weighted by Gasteiger charge is -2.20. The zero-order chi connectivity index (χ0) is 21.3. The lowest BCUT2D eigenvalue weighted by atomic mass is 9.91. The van der Waals surface area contributed by atoms with Gasteiger partial charge in [-0.15, -0.1) is 24.0 Å². The molecule has 0 aliphatic carbocycles. The van der Waals surface area contributed by atoms with E-state index >= 15 is 0 Å². The number of nitrogens with zero attached hydrogens (tertiary/aromatic N) is 3. The molecule has 4 rings (SSSR count). The summed E-state index contributed by atoms with van der Waals surface area (Å²) in [5.74, 6) is 1.76. The van der Waals surface area contributed by atoms with Crippen LogP contribution >= 0.6 is 24.0 Å². The number of benzene rings is 3. The van der Waals surface area contributed by atoms with Gasteiger partial charge in [0.05, 0.1) is 0 Å². The van der Waals surface area contributed by atoms with E-state index in [0.29, 0.717) is 6.54 Å². The van der Waals surface area contributed by atoms with Gasteiger partial charge in [0.15, 0.2) is 11.8 Å². The van der Waals surface area contributed by atoms with Gasteiger partial charge < -0.3 is 10.6 Å².